The van der Waals surface area contributed by atoms with Crippen LogP contribution in [0.2, 0.25) is 5.02 Å². The third-order valence-corrected chi connectivity index (χ3v) is 5.63. The maximum Gasteiger partial charge on any atom is 0.261 e. The summed E-state index contributed by atoms with van der Waals surface area (Å²) in [6, 6.07) is 8.60. The van der Waals surface area contributed by atoms with E-state index in [1.54, 1.807) is 46.1 Å². The molecule has 136 valence electrons. The lowest BCUT2D eigenvalue weighted by atomic mass is 10.2. The summed E-state index contributed by atoms with van der Waals surface area (Å²) in [6.45, 7) is 4.27. The Morgan fingerprint density at radius 2 is 2.15 bits per heavy atom. The Hall–Kier alpha value is -2.18. The molecule has 0 radical (unpaired) electrons. The molecule has 0 bridgehead atoms. The number of carbonyl (C=O) groups excluding carboxylic acids is 1. The molecule has 0 aliphatic carbocycles. The predicted molar refractivity (Wildman–Crippen MR) is 106 cm³/mol. The van der Waals surface area contributed by atoms with Crippen molar-refractivity contribution in [1.82, 2.24) is 14.5 Å². The average molecular weight is 390 g/mol. The van der Waals surface area contributed by atoms with Crippen molar-refractivity contribution in [3.63, 3.8) is 0 Å². The monoisotopic (exact) mass is 389 g/mol. The average Bonchev–Trinajstić information content (AvgIpc) is 3.13. The Labute approximate surface area is 160 Å². The van der Waals surface area contributed by atoms with E-state index >= 15 is 0 Å². The van der Waals surface area contributed by atoms with Gasteiger partial charge >= 0.3 is 0 Å². The number of likely N-dealkylation sites (N-methyl/N-ethyl adjacent to an activating group) is 1. The molecule has 1 aromatic carbocycles. The third-order valence-electron chi connectivity index (χ3n) is 4.52. The summed E-state index contributed by atoms with van der Waals surface area (Å²) in [5.74, 6) is 0.553. The molecule has 2 aromatic heterocycles. The largest absolute Gasteiger partial charge is 0.336 e. The van der Waals surface area contributed by atoms with Crippen molar-refractivity contribution in [2.75, 3.05) is 7.05 Å². The van der Waals surface area contributed by atoms with Crippen LogP contribution in [-0.2, 0) is 17.8 Å². The van der Waals surface area contributed by atoms with Gasteiger partial charge in [0.25, 0.3) is 5.56 Å². The van der Waals surface area contributed by atoms with E-state index < -0.39 is 0 Å². The number of thiophene rings is 1. The van der Waals surface area contributed by atoms with Crippen molar-refractivity contribution in [3.8, 4) is 0 Å². The number of rotatable bonds is 5. The second-order valence-corrected chi connectivity index (χ2v) is 7.59. The van der Waals surface area contributed by atoms with E-state index in [4.69, 9.17) is 11.6 Å². The van der Waals surface area contributed by atoms with E-state index in [9.17, 15) is 9.59 Å². The third kappa shape index (κ3) is 3.52. The molecule has 3 rings (SSSR count). The number of hydrogen-bond acceptors (Lipinski definition) is 4. The number of aromatic nitrogens is 2. The maximum atomic E-state index is 12.8. The minimum absolute atomic E-state index is 0.0111. The van der Waals surface area contributed by atoms with E-state index in [0.29, 0.717) is 34.7 Å². The Morgan fingerprint density at radius 1 is 1.38 bits per heavy atom. The van der Waals surface area contributed by atoms with Crippen LogP contribution in [0.1, 0.15) is 30.6 Å². The van der Waals surface area contributed by atoms with Crippen molar-refractivity contribution < 1.29 is 4.79 Å². The number of halogens is 1. The van der Waals surface area contributed by atoms with Crippen LogP contribution >= 0.6 is 22.9 Å². The van der Waals surface area contributed by atoms with Crippen molar-refractivity contribution in [2.45, 2.75) is 32.9 Å². The van der Waals surface area contributed by atoms with Crippen LogP contribution in [-0.4, -0.2) is 27.4 Å². The van der Waals surface area contributed by atoms with Crippen molar-refractivity contribution >= 4 is 39.7 Å². The number of carbonyl (C=O) groups is 1. The van der Waals surface area contributed by atoms with Gasteiger partial charge in [-0.2, -0.15) is 0 Å². The summed E-state index contributed by atoms with van der Waals surface area (Å²) in [5.41, 5.74) is 0.434. The van der Waals surface area contributed by atoms with Gasteiger partial charge in [-0.1, -0.05) is 17.7 Å². The van der Waals surface area contributed by atoms with Gasteiger partial charge in [-0.25, -0.2) is 4.98 Å². The molecule has 0 saturated carbocycles. The first-order valence-electron chi connectivity index (χ1n) is 8.40. The highest BCUT2D eigenvalue weighted by molar-refractivity contribution is 7.10. The molecule has 0 fully saturated rings. The number of hydrogen-bond donors (Lipinski definition) is 0. The molecule has 1 amide bonds. The van der Waals surface area contributed by atoms with Gasteiger partial charge in [-0.3, -0.25) is 14.2 Å². The van der Waals surface area contributed by atoms with Crippen molar-refractivity contribution in [1.29, 1.82) is 0 Å². The zero-order valence-corrected chi connectivity index (χ0v) is 16.5. The molecule has 5 nitrogen and oxygen atoms in total. The molecule has 1 unspecified atom stereocenters. The minimum atomic E-state index is -0.335. The van der Waals surface area contributed by atoms with Crippen LogP contribution in [0.25, 0.3) is 10.9 Å². The molecule has 2 heterocycles. The van der Waals surface area contributed by atoms with E-state index in [2.05, 4.69) is 4.98 Å². The summed E-state index contributed by atoms with van der Waals surface area (Å²) in [5, 5.41) is 3.01. The van der Waals surface area contributed by atoms with Gasteiger partial charge in [-0.15, -0.1) is 11.3 Å². The molecule has 0 aliphatic rings. The van der Waals surface area contributed by atoms with Crippen LogP contribution in [0.3, 0.4) is 0 Å². The van der Waals surface area contributed by atoms with Gasteiger partial charge in [-0.05, 0) is 43.5 Å². The van der Waals surface area contributed by atoms with Gasteiger partial charge < -0.3 is 4.90 Å². The summed E-state index contributed by atoms with van der Waals surface area (Å²) >= 11 is 7.61. The van der Waals surface area contributed by atoms with Crippen LogP contribution in [0, 0.1) is 0 Å². The molecule has 0 saturated heterocycles. The quantitative estimate of drug-likeness (QED) is 0.665. The van der Waals surface area contributed by atoms with E-state index in [1.165, 1.54) is 0 Å². The van der Waals surface area contributed by atoms with Gasteiger partial charge in [0.1, 0.15) is 5.82 Å². The molecule has 0 N–H and O–H groups in total. The Kier molecular flexibility index (Phi) is 5.44. The van der Waals surface area contributed by atoms with Crippen LogP contribution < -0.4 is 5.56 Å². The summed E-state index contributed by atoms with van der Waals surface area (Å²) < 4.78 is 1.62. The van der Waals surface area contributed by atoms with Gasteiger partial charge in [0.05, 0.1) is 23.4 Å². The molecule has 3 aromatic rings. The first-order valence-corrected chi connectivity index (χ1v) is 9.66. The van der Waals surface area contributed by atoms with Gasteiger partial charge in [0.2, 0.25) is 5.91 Å². The number of nitrogens with zero attached hydrogens (tertiary/aromatic N) is 3. The van der Waals surface area contributed by atoms with Crippen LogP contribution in [0.5, 0.6) is 0 Å². The minimum Gasteiger partial charge on any atom is -0.336 e. The lowest BCUT2D eigenvalue weighted by Crippen LogP contribution is -2.35. The molecule has 1 atom stereocenters. The van der Waals surface area contributed by atoms with Gasteiger partial charge in [0, 0.05) is 23.5 Å². The highest BCUT2D eigenvalue weighted by Gasteiger charge is 2.23. The molecular formula is C19H20ClN3O2S. The number of fused-ring (bicyclic) bond motifs is 1. The number of benzene rings is 1. The normalized spacial score (nSPS) is 12.3. The second-order valence-electron chi connectivity index (χ2n) is 6.12. The Morgan fingerprint density at radius 3 is 2.81 bits per heavy atom. The van der Waals surface area contributed by atoms with E-state index in [0.717, 1.165) is 4.88 Å². The lowest BCUT2D eigenvalue weighted by Gasteiger charge is -2.26. The second kappa shape index (κ2) is 7.60. The zero-order chi connectivity index (χ0) is 18.8. The molecule has 26 heavy (non-hydrogen) atoms. The fourth-order valence-corrected chi connectivity index (χ4v) is 3.77. The van der Waals surface area contributed by atoms with E-state index in [1.807, 2.05) is 31.4 Å². The van der Waals surface area contributed by atoms with Crippen LogP contribution in [0.15, 0.2) is 40.5 Å². The Bertz CT molecular complexity index is 998. The molecule has 7 heteroatoms. The van der Waals surface area contributed by atoms with Crippen molar-refractivity contribution in [3.05, 3.63) is 61.8 Å². The topological polar surface area (TPSA) is 55.2 Å². The lowest BCUT2D eigenvalue weighted by molar-refractivity contribution is -0.131. The molecular weight excluding hydrogens is 370 g/mol. The zero-order valence-electron chi connectivity index (χ0n) is 14.9. The predicted octanol–water partition coefficient (Wildman–Crippen LogP) is 3.89. The summed E-state index contributed by atoms with van der Waals surface area (Å²) in [7, 11) is 1.74. The smallest absolute Gasteiger partial charge is 0.261 e. The maximum absolute atomic E-state index is 12.8. The highest BCUT2D eigenvalue weighted by atomic mass is 35.5. The highest BCUT2D eigenvalue weighted by Crippen LogP contribution is 2.22. The summed E-state index contributed by atoms with van der Waals surface area (Å²) in [4.78, 5) is 32.8. The molecule has 0 aliphatic heterocycles. The van der Waals surface area contributed by atoms with Crippen molar-refractivity contribution in [2.24, 2.45) is 0 Å². The fraction of sp³-hybridized carbons (Fsp3) is 0.316. The fourth-order valence-electron chi connectivity index (χ4n) is 2.91. The number of amides is 1. The summed E-state index contributed by atoms with van der Waals surface area (Å²) in [6.07, 6.45) is 0.342. The standard InChI is InChI=1S/C19H20ClN3O2S/c1-4-23-18(21-16-10-13(20)7-8-15(16)19(23)25)12(2)22(3)17(24)11-14-6-5-9-26-14/h5-10,12H,4,11H2,1-3H3. The SMILES string of the molecule is CCn1c(C(C)N(C)C(=O)Cc2cccs2)nc2cc(Cl)ccc2c1=O. The Balaban J connectivity index is 1.99. The first kappa shape index (κ1) is 18.6. The van der Waals surface area contributed by atoms with Crippen LogP contribution in [0.4, 0.5) is 0 Å². The van der Waals surface area contributed by atoms with E-state index in [-0.39, 0.29) is 17.5 Å². The molecule has 0 spiro atoms. The van der Waals surface area contributed by atoms with Gasteiger partial charge in [0.15, 0.2) is 0 Å². The first-order chi connectivity index (χ1) is 12.4.